The summed E-state index contributed by atoms with van der Waals surface area (Å²) >= 11 is 0. The average molecular weight is 497 g/mol. The molecule has 1 aliphatic rings. The maximum Gasteiger partial charge on any atom is 0.319 e. The van der Waals surface area contributed by atoms with Crippen molar-refractivity contribution in [3.63, 3.8) is 0 Å². The number of nitrogens with zero attached hydrogens (tertiary/aromatic N) is 3. The second-order valence-electron chi connectivity index (χ2n) is 8.60. The van der Waals surface area contributed by atoms with Crippen molar-refractivity contribution in [2.24, 2.45) is 0 Å². The molecule has 0 radical (unpaired) electrons. The quantitative estimate of drug-likeness (QED) is 0.331. The predicted octanol–water partition coefficient (Wildman–Crippen LogP) is 4.89. The summed E-state index contributed by atoms with van der Waals surface area (Å²) in [5, 5.41) is 6.19. The van der Waals surface area contributed by atoms with E-state index in [1.54, 1.807) is 29.2 Å². The molecule has 4 aromatic rings. The first kappa shape index (κ1) is 23.9. The molecular weight excluding hydrogens is 471 g/mol. The fourth-order valence-corrected chi connectivity index (χ4v) is 4.39. The Balaban J connectivity index is 1.36. The van der Waals surface area contributed by atoms with Crippen LogP contribution >= 0.6 is 0 Å². The molecule has 186 valence electrons. The molecule has 2 aromatic carbocycles. The largest absolute Gasteiger partial charge is 0.345 e. The molecule has 0 atom stereocenters. The molecule has 0 spiro atoms. The number of benzene rings is 2. The molecule has 0 saturated heterocycles. The number of rotatable bonds is 6. The zero-order valence-corrected chi connectivity index (χ0v) is 20.0. The van der Waals surface area contributed by atoms with Crippen LogP contribution in [-0.2, 0) is 11.3 Å². The highest BCUT2D eigenvalue weighted by molar-refractivity contribution is 6.00. The van der Waals surface area contributed by atoms with Gasteiger partial charge in [0.2, 0.25) is 5.91 Å². The van der Waals surface area contributed by atoms with Crippen LogP contribution in [-0.4, -0.2) is 44.9 Å². The molecule has 1 aliphatic heterocycles. The van der Waals surface area contributed by atoms with E-state index in [0.29, 0.717) is 47.7 Å². The maximum absolute atomic E-state index is 15.1. The SMILES string of the molecule is C=CC(=O)N1CC=C(c2c[nH]c3ncnc(-c4ccc(CNC(=O)Nc5ccccc5)c(F)c4)c23)CC1. The van der Waals surface area contributed by atoms with Crippen LogP contribution in [0.1, 0.15) is 17.5 Å². The number of urea groups is 1. The summed E-state index contributed by atoms with van der Waals surface area (Å²) in [6.45, 7) is 4.66. The average Bonchev–Trinajstić information content (AvgIpc) is 3.37. The van der Waals surface area contributed by atoms with Gasteiger partial charge in [0, 0.05) is 48.2 Å². The number of para-hydroxylation sites is 1. The number of H-pyrrole nitrogens is 1. The van der Waals surface area contributed by atoms with E-state index in [2.05, 4.69) is 32.2 Å². The topological polar surface area (TPSA) is 103 Å². The minimum atomic E-state index is -0.447. The molecule has 3 amide bonds. The summed E-state index contributed by atoms with van der Waals surface area (Å²) in [5.74, 6) is -0.544. The van der Waals surface area contributed by atoms with Crippen LogP contribution in [0.3, 0.4) is 0 Å². The number of anilines is 1. The molecule has 0 fully saturated rings. The van der Waals surface area contributed by atoms with E-state index in [-0.39, 0.29) is 12.5 Å². The van der Waals surface area contributed by atoms with Crippen molar-refractivity contribution in [3.8, 4) is 11.3 Å². The summed E-state index contributed by atoms with van der Waals surface area (Å²) < 4.78 is 15.1. The number of carbonyl (C=O) groups is 2. The Morgan fingerprint density at radius 3 is 2.73 bits per heavy atom. The van der Waals surface area contributed by atoms with Crippen molar-refractivity contribution >= 4 is 34.2 Å². The Hall–Kier alpha value is -4.79. The Morgan fingerprint density at radius 1 is 1.16 bits per heavy atom. The van der Waals surface area contributed by atoms with E-state index in [9.17, 15) is 9.59 Å². The second kappa shape index (κ2) is 10.4. The van der Waals surface area contributed by atoms with Gasteiger partial charge in [-0.1, -0.05) is 43.0 Å². The summed E-state index contributed by atoms with van der Waals surface area (Å²) in [6, 6.07) is 13.5. The van der Waals surface area contributed by atoms with Crippen LogP contribution in [0.15, 0.2) is 79.8 Å². The van der Waals surface area contributed by atoms with E-state index in [0.717, 1.165) is 16.5 Å². The summed E-state index contributed by atoms with van der Waals surface area (Å²) in [5.41, 5.74) is 4.86. The molecule has 0 bridgehead atoms. The fraction of sp³-hybridized carbons (Fsp3) is 0.143. The first-order valence-electron chi connectivity index (χ1n) is 11.8. The lowest BCUT2D eigenvalue weighted by molar-refractivity contribution is -0.125. The number of carbonyl (C=O) groups excluding carboxylic acids is 2. The van der Waals surface area contributed by atoms with Gasteiger partial charge in [0.1, 0.15) is 17.8 Å². The standard InChI is InChI=1S/C28H25FN6O2/c1-2-24(36)35-12-10-18(11-13-35)22-16-30-27-25(22)26(32-17-33-27)19-8-9-20(23(29)14-19)15-31-28(37)34-21-6-4-3-5-7-21/h2-10,14,16-17H,1,11-13,15H2,(H,30,32,33)(H2,31,34,37). The normalized spacial score (nSPS) is 13.2. The number of hydrogen-bond donors (Lipinski definition) is 3. The van der Waals surface area contributed by atoms with Crippen molar-refractivity contribution in [2.45, 2.75) is 13.0 Å². The van der Waals surface area contributed by atoms with Gasteiger partial charge in [0.25, 0.3) is 0 Å². The molecule has 0 saturated carbocycles. The highest BCUT2D eigenvalue weighted by Gasteiger charge is 2.21. The Morgan fingerprint density at radius 2 is 2.00 bits per heavy atom. The molecule has 0 aliphatic carbocycles. The van der Waals surface area contributed by atoms with Crippen LogP contribution < -0.4 is 10.6 Å². The smallest absolute Gasteiger partial charge is 0.319 e. The number of aromatic amines is 1. The van der Waals surface area contributed by atoms with Crippen molar-refractivity contribution in [2.75, 3.05) is 18.4 Å². The van der Waals surface area contributed by atoms with Crippen LogP contribution in [0.2, 0.25) is 0 Å². The third-order valence-corrected chi connectivity index (χ3v) is 6.31. The highest BCUT2D eigenvalue weighted by atomic mass is 19.1. The molecule has 3 N–H and O–H groups in total. The summed E-state index contributed by atoms with van der Waals surface area (Å²) in [4.78, 5) is 37.8. The third kappa shape index (κ3) is 5.11. The lowest BCUT2D eigenvalue weighted by Crippen LogP contribution is -2.33. The number of fused-ring (bicyclic) bond motifs is 1. The van der Waals surface area contributed by atoms with Crippen LogP contribution in [0.25, 0.3) is 27.9 Å². The monoisotopic (exact) mass is 496 g/mol. The zero-order chi connectivity index (χ0) is 25.8. The number of aromatic nitrogens is 3. The molecule has 5 rings (SSSR count). The number of amides is 3. The van der Waals surface area contributed by atoms with E-state index in [1.165, 1.54) is 18.5 Å². The van der Waals surface area contributed by atoms with E-state index < -0.39 is 11.8 Å². The first-order valence-corrected chi connectivity index (χ1v) is 11.8. The van der Waals surface area contributed by atoms with Gasteiger partial charge in [-0.2, -0.15) is 0 Å². The Kier molecular flexibility index (Phi) is 6.76. The Labute approximate surface area is 212 Å². The fourth-order valence-electron chi connectivity index (χ4n) is 4.39. The molecule has 8 nitrogen and oxygen atoms in total. The van der Waals surface area contributed by atoms with E-state index in [4.69, 9.17) is 0 Å². The van der Waals surface area contributed by atoms with Gasteiger partial charge in [-0.3, -0.25) is 4.79 Å². The maximum atomic E-state index is 15.1. The van der Waals surface area contributed by atoms with Crippen LogP contribution in [0.4, 0.5) is 14.9 Å². The van der Waals surface area contributed by atoms with Gasteiger partial charge in [-0.05, 0) is 36.3 Å². The van der Waals surface area contributed by atoms with Gasteiger partial charge in [-0.15, -0.1) is 0 Å². The van der Waals surface area contributed by atoms with Crippen LogP contribution in [0.5, 0.6) is 0 Å². The minimum absolute atomic E-state index is 0.0339. The molecular formula is C28H25FN6O2. The third-order valence-electron chi connectivity index (χ3n) is 6.31. The molecule has 2 aromatic heterocycles. The summed E-state index contributed by atoms with van der Waals surface area (Å²) in [6.07, 6.45) is 7.32. The summed E-state index contributed by atoms with van der Waals surface area (Å²) in [7, 11) is 0. The van der Waals surface area contributed by atoms with Gasteiger partial charge in [-0.25, -0.2) is 19.2 Å². The number of nitrogens with one attached hydrogen (secondary N) is 3. The lowest BCUT2D eigenvalue weighted by Gasteiger charge is -2.25. The second-order valence-corrected chi connectivity index (χ2v) is 8.60. The molecule has 9 heteroatoms. The van der Waals surface area contributed by atoms with Crippen molar-refractivity contribution in [1.82, 2.24) is 25.2 Å². The zero-order valence-electron chi connectivity index (χ0n) is 20.0. The molecule has 3 heterocycles. The van der Waals surface area contributed by atoms with E-state index >= 15 is 4.39 Å². The van der Waals surface area contributed by atoms with Crippen LogP contribution in [0, 0.1) is 5.82 Å². The van der Waals surface area contributed by atoms with E-state index in [1.807, 2.05) is 30.5 Å². The van der Waals surface area contributed by atoms with Crippen molar-refractivity contribution < 1.29 is 14.0 Å². The van der Waals surface area contributed by atoms with Gasteiger partial charge in [0.15, 0.2) is 0 Å². The highest BCUT2D eigenvalue weighted by Crippen LogP contribution is 2.34. The number of halogens is 1. The minimum Gasteiger partial charge on any atom is -0.345 e. The number of hydrogen-bond acceptors (Lipinski definition) is 4. The lowest BCUT2D eigenvalue weighted by atomic mass is 9.96. The van der Waals surface area contributed by atoms with Crippen molar-refractivity contribution in [1.29, 1.82) is 0 Å². The molecule has 0 unspecified atom stereocenters. The van der Waals surface area contributed by atoms with Gasteiger partial charge >= 0.3 is 6.03 Å². The molecule has 37 heavy (non-hydrogen) atoms. The van der Waals surface area contributed by atoms with Crippen molar-refractivity contribution in [3.05, 3.63) is 96.7 Å². The van der Waals surface area contributed by atoms with Gasteiger partial charge < -0.3 is 20.5 Å². The van der Waals surface area contributed by atoms with Gasteiger partial charge in [0.05, 0.1) is 11.1 Å². The first-order chi connectivity index (χ1) is 18.0. The Bertz CT molecular complexity index is 1510. The predicted molar refractivity (Wildman–Crippen MR) is 141 cm³/mol.